The lowest BCUT2D eigenvalue weighted by molar-refractivity contribution is 0.341. The topological polar surface area (TPSA) is 29.9 Å². The van der Waals surface area contributed by atoms with Crippen molar-refractivity contribution < 1.29 is 0 Å². The third-order valence-corrected chi connectivity index (χ3v) is 4.65. The maximum Gasteiger partial charge on any atom is 0.128 e. The number of hydrogen-bond donors (Lipinski definition) is 1. The van der Waals surface area contributed by atoms with Gasteiger partial charge < -0.3 is 9.88 Å². The molecule has 1 N–H and O–H groups in total. The van der Waals surface area contributed by atoms with Gasteiger partial charge in [0.05, 0.1) is 12.7 Å². The van der Waals surface area contributed by atoms with Crippen molar-refractivity contribution in [3.63, 3.8) is 0 Å². The predicted molar refractivity (Wildman–Crippen MR) is 71.0 cm³/mol. The zero-order valence-electron chi connectivity index (χ0n) is 10.9. The molecule has 1 aromatic heterocycles. The highest BCUT2D eigenvalue weighted by Gasteiger charge is 2.31. The summed E-state index contributed by atoms with van der Waals surface area (Å²) in [6, 6.07) is 0.635. The van der Waals surface area contributed by atoms with E-state index in [-0.39, 0.29) is 0 Å². The number of imidazole rings is 1. The largest absolute Gasteiger partial charge is 0.321 e. The SMILES string of the molecule is CCC1CCC(NCc2ncc(Cl)n2C)C1C. The van der Waals surface area contributed by atoms with Crippen LogP contribution in [0.25, 0.3) is 0 Å². The zero-order chi connectivity index (χ0) is 12.4. The molecule has 0 spiro atoms. The first-order chi connectivity index (χ1) is 8.13. The minimum atomic E-state index is 0.635. The van der Waals surface area contributed by atoms with Crippen molar-refractivity contribution in [2.45, 2.75) is 45.7 Å². The molecule has 3 unspecified atom stereocenters. The van der Waals surface area contributed by atoms with Crippen molar-refractivity contribution in [1.29, 1.82) is 0 Å². The van der Waals surface area contributed by atoms with Gasteiger partial charge in [-0.1, -0.05) is 31.9 Å². The van der Waals surface area contributed by atoms with Crippen molar-refractivity contribution in [2.24, 2.45) is 18.9 Å². The summed E-state index contributed by atoms with van der Waals surface area (Å²) in [4.78, 5) is 4.31. The Morgan fingerprint density at radius 3 is 2.82 bits per heavy atom. The summed E-state index contributed by atoms with van der Waals surface area (Å²) >= 11 is 5.97. The summed E-state index contributed by atoms with van der Waals surface area (Å²) in [5, 5.41) is 4.33. The molecule has 0 amide bonds. The molecule has 1 aliphatic rings. The molecular weight excluding hydrogens is 234 g/mol. The van der Waals surface area contributed by atoms with Crippen LogP contribution >= 0.6 is 11.6 Å². The molecule has 0 saturated heterocycles. The lowest BCUT2D eigenvalue weighted by atomic mass is 9.93. The number of rotatable bonds is 4. The molecule has 1 fully saturated rings. The molecule has 1 aliphatic carbocycles. The summed E-state index contributed by atoms with van der Waals surface area (Å²) in [5.74, 6) is 2.68. The lowest BCUT2D eigenvalue weighted by Crippen LogP contribution is -2.33. The molecule has 17 heavy (non-hydrogen) atoms. The smallest absolute Gasteiger partial charge is 0.128 e. The fourth-order valence-corrected chi connectivity index (χ4v) is 3.07. The zero-order valence-corrected chi connectivity index (χ0v) is 11.7. The molecule has 4 heteroatoms. The Balaban J connectivity index is 1.89. The number of nitrogens with one attached hydrogen (secondary N) is 1. The third kappa shape index (κ3) is 2.66. The highest BCUT2D eigenvalue weighted by atomic mass is 35.5. The number of halogens is 1. The average Bonchev–Trinajstić information content (AvgIpc) is 2.83. The van der Waals surface area contributed by atoms with E-state index in [4.69, 9.17) is 11.6 Å². The molecule has 0 aliphatic heterocycles. The van der Waals surface area contributed by atoms with Crippen LogP contribution < -0.4 is 5.32 Å². The van der Waals surface area contributed by atoms with Gasteiger partial charge in [0.2, 0.25) is 0 Å². The minimum absolute atomic E-state index is 0.635. The van der Waals surface area contributed by atoms with Crippen LogP contribution in [0.3, 0.4) is 0 Å². The molecule has 1 saturated carbocycles. The van der Waals surface area contributed by atoms with Crippen molar-refractivity contribution in [3.05, 3.63) is 17.2 Å². The fraction of sp³-hybridized carbons (Fsp3) is 0.769. The highest BCUT2D eigenvalue weighted by Crippen LogP contribution is 2.33. The van der Waals surface area contributed by atoms with Crippen molar-refractivity contribution in [3.8, 4) is 0 Å². The van der Waals surface area contributed by atoms with Crippen LogP contribution in [0.1, 0.15) is 38.9 Å². The van der Waals surface area contributed by atoms with Gasteiger partial charge in [0.15, 0.2) is 0 Å². The molecule has 3 nitrogen and oxygen atoms in total. The molecule has 0 aromatic carbocycles. The first kappa shape index (κ1) is 12.9. The van der Waals surface area contributed by atoms with Crippen molar-refractivity contribution in [2.75, 3.05) is 0 Å². The Labute approximate surface area is 109 Å². The molecular formula is C13H22ClN3. The van der Waals surface area contributed by atoms with Gasteiger partial charge in [-0.05, 0) is 24.7 Å². The van der Waals surface area contributed by atoms with Gasteiger partial charge in [-0.15, -0.1) is 0 Å². The van der Waals surface area contributed by atoms with E-state index in [0.29, 0.717) is 11.2 Å². The lowest BCUT2D eigenvalue weighted by Gasteiger charge is -2.20. The van der Waals surface area contributed by atoms with Crippen LogP contribution in [0.2, 0.25) is 5.15 Å². The van der Waals surface area contributed by atoms with Crippen LogP contribution in [0.4, 0.5) is 0 Å². The standard InChI is InChI=1S/C13H22ClN3/c1-4-10-5-6-11(9(10)2)15-8-13-16-7-12(14)17(13)3/h7,9-11,15H,4-6,8H2,1-3H3. The Bertz CT molecular complexity index is 375. The van der Waals surface area contributed by atoms with Gasteiger partial charge in [-0.2, -0.15) is 0 Å². The summed E-state index contributed by atoms with van der Waals surface area (Å²) in [6.07, 6.45) is 5.66. The first-order valence-corrected chi connectivity index (χ1v) is 6.90. The van der Waals surface area contributed by atoms with Crippen molar-refractivity contribution >= 4 is 11.6 Å². The van der Waals surface area contributed by atoms with Crippen LogP contribution in [0.5, 0.6) is 0 Å². The summed E-state index contributed by atoms with van der Waals surface area (Å²) in [6.45, 7) is 5.47. The molecule has 3 atom stereocenters. The first-order valence-electron chi connectivity index (χ1n) is 6.53. The van der Waals surface area contributed by atoms with E-state index in [0.717, 1.165) is 24.2 Å². The number of aromatic nitrogens is 2. The van der Waals surface area contributed by atoms with E-state index >= 15 is 0 Å². The Morgan fingerprint density at radius 2 is 2.29 bits per heavy atom. The summed E-state index contributed by atoms with van der Waals surface area (Å²) < 4.78 is 1.94. The quantitative estimate of drug-likeness (QED) is 0.897. The Kier molecular flexibility index (Phi) is 4.10. The fourth-order valence-electron chi connectivity index (χ4n) is 2.92. The third-order valence-electron chi connectivity index (χ3n) is 4.30. The second kappa shape index (κ2) is 5.40. The molecule has 0 bridgehead atoms. The van der Waals surface area contributed by atoms with Crippen LogP contribution in [-0.2, 0) is 13.6 Å². The molecule has 2 rings (SSSR count). The van der Waals surface area contributed by atoms with Gasteiger partial charge in [0.25, 0.3) is 0 Å². The van der Waals surface area contributed by atoms with E-state index in [2.05, 4.69) is 24.1 Å². The molecule has 0 radical (unpaired) electrons. The van der Waals surface area contributed by atoms with Gasteiger partial charge in [0, 0.05) is 13.1 Å². The maximum absolute atomic E-state index is 5.97. The van der Waals surface area contributed by atoms with Crippen LogP contribution in [0, 0.1) is 11.8 Å². The van der Waals surface area contributed by atoms with Gasteiger partial charge >= 0.3 is 0 Å². The molecule has 1 aromatic rings. The van der Waals surface area contributed by atoms with E-state index in [1.807, 2.05) is 11.6 Å². The maximum atomic E-state index is 5.97. The monoisotopic (exact) mass is 255 g/mol. The van der Waals surface area contributed by atoms with E-state index in [1.54, 1.807) is 6.20 Å². The van der Waals surface area contributed by atoms with Gasteiger partial charge in [-0.3, -0.25) is 0 Å². The predicted octanol–water partition coefficient (Wildman–Crippen LogP) is 2.99. The Morgan fingerprint density at radius 1 is 1.53 bits per heavy atom. The minimum Gasteiger partial charge on any atom is -0.321 e. The molecule has 1 heterocycles. The second-order valence-corrected chi connectivity index (χ2v) is 5.54. The number of nitrogens with zero attached hydrogens (tertiary/aromatic N) is 2. The van der Waals surface area contributed by atoms with Crippen LogP contribution in [0.15, 0.2) is 6.20 Å². The van der Waals surface area contributed by atoms with E-state index in [1.165, 1.54) is 19.3 Å². The van der Waals surface area contributed by atoms with Gasteiger partial charge in [0.1, 0.15) is 11.0 Å². The van der Waals surface area contributed by atoms with Crippen LogP contribution in [-0.4, -0.2) is 15.6 Å². The van der Waals surface area contributed by atoms with E-state index in [9.17, 15) is 0 Å². The molecule has 96 valence electrons. The second-order valence-electron chi connectivity index (χ2n) is 5.15. The number of hydrogen-bond acceptors (Lipinski definition) is 2. The Hall–Kier alpha value is -0.540. The highest BCUT2D eigenvalue weighted by molar-refractivity contribution is 6.29. The average molecular weight is 256 g/mol. The normalized spacial score (nSPS) is 28.8. The van der Waals surface area contributed by atoms with Crippen molar-refractivity contribution in [1.82, 2.24) is 14.9 Å². The van der Waals surface area contributed by atoms with Gasteiger partial charge in [-0.25, -0.2) is 4.98 Å². The summed E-state index contributed by atoms with van der Waals surface area (Å²) in [5.41, 5.74) is 0. The van der Waals surface area contributed by atoms with E-state index < -0.39 is 0 Å². The summed E-state index contributed by atoms with van der Waals surface area (Å²) in [7, 11) is 1.96.